The van der Waals surface area contributed by atoms with Gasteiger partial charge in [0, 0.05) is 5.02 Å². The molecule has 0 radical (unpaired) electrons. The van der Waals surface area contributed by atoms with Crippen molar-refractivity contribution < 1.29 is 9.15 Å². The minimum Gasteiger partial charge on any atom is -0.483 e. The standard InChI is InChI=1S/C13H13ClO2/c1-9-8-11(14)5-6-12(9)16-10(2)13-4-3-7-15-13/h3-8,10H,1-2H3. The molecule has 0 fully saturated rings. The van der Waals surface area contributed by atoms with Crippen LogP contribution in [0.2, 0.25) is 5.02 Å². The normalized spacial score (nSPS) is 12.4. The number of halogens is 1. The summed E-state index contributed by atoms with van der Waals surface area (Å²) in [5.74, 6) is 1.64. The molecule has 1 aromatic carbocycles. The molecule has 0 amide bonds. The fourth-order valence-corrected chi connectivity index (χ4v) is 1.74. The van der Waals surface area contributed by atoms with Crippen molar-refractivity contribution in [1.29, 1.82) is 0 Å². The van der Waals surface area contributed by atoms with E-state index >= 15 is 0 Å². The second-order valence-electron chi connectivity index (χ2n) is 3.69. The van der Waals surface area contributed by atoms with Crippen molar-refractivity contribution in [2.75, 3.05) is 0 Å². The third-order valence-corrected chi connectivity index (χ3v) is 2.62. The molecule has 0 saturated carbocycles. The molecule has 0 saturated heterocycles. The molecule has 0 spiro atoms. The van der Waals surface area contributed by atoms with Gasteiger partial charge in [-0.1, -0.05) is 11.6 Å². The average Bonchev–Trinajstić information content (AvgIpc) is 2.75. The number of furan rings is 1. The van der Waals surface area contributed by atoms with Gasteiger partial charge in [0.15, 0.2) is 6.10 Å². The van der Waals surface area contributed by atoms with Gasteiger partial charge < -0.3 is 9.15 Å². The zero-order valence-electron chi connectivity index (χ0n) is 9.24. The maximum atomic E-state index is 5.88. The average molecular weight is 237 g/mol. The van der Waals surface area contributed by atoms with E-state index in [1.54, 1.807) is 6.26 Å². The van der Waals surface area contributed by atoms with Gasteiger partial charge in [-0.05, 0) is 49.7 Å². The van der Waals surface area contributed by atoms with E-state index < -0.39 is 0 Å². The van der Waals surface area contributed by atoms with Crippen LogP contribution in [0.15, 0.2) is 41.0 Å². The van der Waals surface area contributed by atoms with Crippen LogP contribution >= 0.6 is 11.6 Å². The van der Waals surface area contributed by atoms with E-state index in [0.29, 0.717) is 0 Å². The lowest BCUT2D eigenvalue weighted by atomic mass is 10.2. The summed E-state index contributed by atoms with van der Waals surface area (Å²) in [6.07, 6.45) is 1.54. The first-order valence-electron chi connectivity index (χ1n) is 5.13. The Labute approximate surface area is 99.8 Å². The Balaban J connectivity index is 2.15. The lowest BCUT2D eigenvalue weighted by Crippen LogP contribution is -2.02. The van der Waals surface area contributed by atoms with Crippen molar-refractivity contribution in [3.8, 4) is 5.75 Å². The van der Waals surface area contributed by atoms with Gasteiger partial charge in [-0.2, -0.15) is 0 Å². The minimum atomic E-state index is -0.102. The Bertz CT molecular complexity index is 463. The van der Waals surface area contributed by atoms with Gasteiger partial charge in [0.05, 0.1) is 6.26 Å². The minimum absolute atomic E-state index is 0.102. The van der Waals surface area contributed by atoms with Crippen LogP contribution in [0.25, 0.3) is 0 Å². The second-order valence-corrected chi connectivity index (χ2v) is 4.12. The van der Waals surface area contributed by atoms with E-state index in [2.05, 4.69) is 0 Å². The van der Waals surface area contributed by atoms with Gasteiger partial charge in [-0.15, -0.1) is 0 Å². The third kappa shape index (κ3) is 2.39. The Hall–Kier alpha value is -1.41. The lowest BCUT2D eigenvalue weighted by Gasteiger charge is -2.14. The first-order chi connectivity index (χ1) is 7.66. The number of hydrogen-bond donors (Lipinski definition) is 0. The molecule has 16 heavy (non-hydrogen) atoms. The van der Waals surface area contributed by atoms with Crippen molar-refractivity contribution in [3.63, 3.8) is 0 Å². The highest BCUT2D eigenvalue weighted by Crippen LogP contribution is 2.27. The quantitative estimate of drug-likeness (QED) is 0.789. The highest BCUT2D eigenvalue weighted by atomic mass is 35.5. The van der Waals surface area contributed by atoms with Crippen molar-refractivity contribution in [2.45, 2.75) is 20.0 Å². The largest absolute Gasteiger partial charge is 0.483 e. The fraction of sp³-hybridized carbons (Fsp3) is 0.231. The van der Waals surface area contributed by atoms with Crippen LogP contribution in [0, 0.1) is 6.92 Å². The van der Waals surface area contributed by atoms with Crippen molar-refractivity contribution in [1.82, 2.24) is 0 Å². The maximum Gasteiger partial charge on any atom is 0.153 e. The monoisotopic (exact) mass is 236 g/mol. The number of rotatable bonds is 3. The van der Waals surface area contributed by atoms with Crippen LogP contribution in [-0.2, 0) is 0 Å². The van der Waals surface area contributed by atoms with Gasteiger partial charge in [0.1, 0.15) is 11.5 Å². The molecule has 3 heteroatoms. The summed E-state index contributed by atoms with van der Waals surface area (Å²) in [6.45, 7) is 3.92. The Morgan fingerprint density at radius 3 is 2.75 bits per heavy atom. The Morgan fingerprint density at radius 1 is 1.31 bits per heavy atom. The van der Waals surface area contributed by atoms with Gasteiger partial charge in [0.2, 0.25) is 0 Å². The van der Waals surface area contributed by atoms with Crippen molar-refractivity contribution in [3.05, 3.63) is 52.9 Å². The molecular formula is C13H13ClO2. The summed E-state index contributed by atoms with van der Waals surface area (Å²) < 4.78 is 11.1. The second kappa shape index (κ2) is 4.62. The van der Waals surface area contributed by atoms with E-state index in [1.165, 1.54) is 0 Å². The molecule has 1 heterocycles. The predicted octanol–water partition coefficient (Wildman–Crippen LogP) is 4.38. The SMILES string of the molecule is Cc1cc(Cl)ccc1OC(C)c1ccco1. The smallest absolute Gasteiger partial charge is 0.153 e. The van der Waals surface area contributed by atoms with E-state index in [9.17, 15) is 0 Å². The fourth-order valence-electron chi connectivity index (χ4n) is 1.52. The molecule has 0 N–H and O–H groups in total. The lowest BCUT2D eigenvalue weighted by molar-refractivity contribution is 0.194. The van der Waals surface area contributed by atoms with Crippen LogP contribution in [0.1, 0.15) is 24.4 Å². The van der Waals surface area contributed by atoms with Crippen LogP contribution in [0.4, 0.5) is 0 Å². The van der Waals surface area contributed by atoms with Crippen molar-refractivity contribution in [2.24, 2.45) is 0 Å². The topological polar surface area (TPSA) is 22.4 Å². The van der Waals surface area contributed by atoms with E-state index in [-0.39, 0.29) is 6.10 Å². The molecule has 84 valence electrons. The number of benzene rings is 1. The zero-order chi connectivity index (χ0) is 11.5. The summed E-state index contributed by atoms with van der Waals surface area (Å²) in [5.41, 5.74) is 1.02. The van der Waals surface area contributed by atoms with Crippen LogP contribution in [0.5, 0.6) is 5.75 Å². The molecule has 2 nitrogen and oxygen atoms in total. The summed E-state index contributed by atoms with van der Waals surface area (Å²) in [5, 5.41) is 0.718. The molecule has 0 aliphatic carbocycles. The van der Waals surface area contributed by atoms with Gasteiger partial charge in [0.25, 0.3) is 0 Å². The van der Waals surface area contributed by atoms with Gasteiger partial charge >= 0.3 is 0 Å². The highest BCUT2D eigenvalue weighted by molar-refractivity contribution is 6.30. The maximum absolute atomic E-state index is 5.88. The van der Waals surface area contributed by atoms with Crippen LogP contribution in [-0.4, -0.2) is 0 Å². The molecule has 0 aliphatic heterocycles. The van der Waals surface area contributed by atoms with Crippen molar-refractivity contribution >= 4 is 11.6 Å². The Morgan fingerprint density at radius 2 is 2.12 bits per heavy atom. The molecule has 0 aliphatic rings. The summed E-state index contributed by atoms with van der Waals surface area (Å²) in [4.78, 5) is 0. The third-order valence-electron chi connectivity index (χ3n) is 2.38. The number of hydrogen-bond acceptors (Lipinski definition) is 2. The number of aryl methyl sites for hydroxylation is 1. The van der Waals surface area contributed by atoms with E-state index in [0.717, 1.165) is 22.1 Å². The molecule has 1 atom stereocenters. The highest BCUT2D eigenvalue weighted by Gasteiger charge is 2.11. The van der Waals surface area contributed by atoms with Crippen LogP contribution in [0.3, 0.4) is 0 Å². The van der Waals surface area contributed by atoms with Crippen LogP contribution < -0.4 is 4.74 Å². The number of ether oxygens (including phenoxy) is 1. The summed E-state index contributed by atoms with van der Waals surface area (Å²) in [7, 11) is 0. The van der Waals surface area contributed by atoms with Gasteiger partial charge in [-0.3, -0.25) is 0 Å². The van der Waals surface area contributed by atoms with E-state index in [1.807, 2.05) is 44.2 Å². The first-order valence-corrected chi connectivity index (χ1v) is 5.51. The molecular weight excluding hydrogens is 224 g/mol. The Kier molecular flexibility index (Phi) is 3.20. The predicted molar refractivity (Wildman–Crippen MR) is 63.9 cm³/mol. The molecule has 1 unspecified atom stereocenters. The molecule has 2 aromatic rings. The summed E-state index contributed by atoms with van der Waals surface area (Å²) in [6, 6.07) is 9.32. The summed E-state index contributed by atoms with van der Waals surface area (Å²) >= 11 is 5.88. The first kappa shape index (κ1) is 11.1. The zero-order valence-corrected chi connectivity index (χ0v) is 9.99. The molecule has 1 aromatic heterocycles. The van der Waals surface area contributed by atoms with Gasteiger partial charge in [-0.25, -0.2) is 0 Å². The van der Waals surface area contributed by atoms with E-state index in [4.69, 9.17) is 20.8 Å². The molecule has 0 bridgehead atoms. The molecule has 2 rings (SSSR count).